The molecule has 0 bridgehead atoms. The molecule has 0 radical (unpaired) electrons. The highest BCUT2D eigenvalue weighted by atomic mass is 19.1. The van der Waals surface area contributed by atoms with Gasteiger partial charge in [-0.25, -0.2) is 9.37 Å². The zero-order valence-electron chi connectivity index (χ0n) is 10.4. The normalized spacial score (nSPS) is 13.7. The number of nitrogens with zero attached hydrogens (tertiary/aromatic N) is 2. The zero-order chi connectivity index (χ0) is 13.5. The van der Waals surface area contributed by atoms with Gasteiger partial charge in [0.05, 0.1) is 22.8 Å². The molecule has 0 aliphatic carbocycles. The van der Waals surface area contributed by atoms with E-state index in [2.05, 4.69) is 15.0 Å². The second-order valence-electron chi connectivity index (χ2n) is 4.45. The molecule has 1 aliphatic rings. The van der Waals surface area contributed by atoms with E-state index < -0.39 is 5.82 Å². The van der Waals surface area contributed by atoms with Crippen molar-refractivity contribution < 1.29 is 13.9 Å². The fraction of sp³-hybridized carbons (Fsp3) is 0.143. The molecule has 4 rings (SSSR count). The molecule has 0 amide bonds. The van der Waals surface area contributed by atoms with Gasteiger partial charge in [0.1, 0.15) is 19.0 Å². The number of pyridine rings is 1. The van der Waals surface area contributed by atoms with Gasteiger partial charge in [-0.3, -0.25) is 4.98 Å². The predicted octanol–water partition coefficient (Wildman–Crippen LogP) is 2.54. The van der Waals surface area contributed by atoms with E-state index in [-0.39, 0.29) is 0 Å². The van der Waals surface area contributed by atoms with Crippen LogP contribution in [0.15, 0.2) is 30.6 Å². The van der Waals surface area contributed by atoms with Crippen molar-refractivity contribution in [3.05, 3.63) is 36.4 Å². The lowest BCUT2D eigenvalue weighted by Crippen LogP contribution is -2.15. The van der Waals surface area contributed by atoms with Gasteiger partial charge in [0.15, 0.2) is 17.3 Å². The Hall–Kier alpha value is -2.63. The molecular formula is C14H10FN3O2. The minimum absolute atomic E-state index is 0.385. The molecule has 1 aliphatic heterocycles. The number of hydrogen-bond acceptors (Lipinski definition) is 4. The zero-order valence-corrected chi connectivity index (χ0v) is 10.4. The summed E-state index contributed by atoms with van der Waals surface area (Å²) in [6.45, 7) is 1.05. The summed E-state index contributed by atoms with van der Waals surface area (Å²) in [6.07, 6.45) is 2.70. The average Bonchev–Trinajstić information content (AvgIpc) is 2.87. The van der Waals surface area contributed by atoms with Crippen molar-refractivity contribution in [2.24, 2.45) is 0 Å². The van der Waals surface area contributed by atoms with Gasteiger partial charge in [-0.2, -0.15) is 0 Å². The molecule has 6 heteroatoms. The molecule has 3 aromatic rings. The lowest BCUT2D eigenvalue weighted by molar-refractivity contribution is 0.172. The molecule has 2 aromatic heterocycles. The summed E-state index contributed by atoms with van der Waals surface area (Å²) in [7, 11) is 0. The molecule has 20 heavy (non-hydrogen) atoms. The van der Waals surface area contributed by atoms with Crippen LogP contribution in [0.3, 0.4) is 0 Å². The molecule has 1 aromatic carbocycles. The minimum atomic E-state index is -0.413. The molecule has 0 saturated heterocycles. The molecule has 0 fully saturated rings. The summed E-state index contributed by atoms with van der Waals surface area (Å²) in [5, 5.41) is 0. The number of rotatable bonds is 1. The molecule has 3 heterocycles. The molecule has 5 nitrogen and oxygen atoms in total. The van der Waals surface area contributed by atoms with E-state index in [1.807, 2.05) is 6.07 Å². The summed E-state index contributed by atoms with van der Waals surface area (Å²) >= 11 is 0. The van der Waals surface area contributed by atoms with Gasteiger partial charge in [0.25, 0.3) is 0 Å². The van der Waals surface area contributed by atoms with E-state index in [9.17, 15) is 4.39 Å². The third-order valence-corrected chi connectivity index (χ3v) is 3.17. The van der Waals surface area contributed by atoms with Crippen LogP contribution in [-0.2, 0) is 0 Å². The van der Waals surface area contributed by atoms with Crippen LogP contribution in [0.2, 0.25) is 0 Å². The highest BCUT2D eigenvalue weighted by Crippen LogP contribution is 2.34. The number of imidazole rings is 1. The second kappa shape index (κ2) is 4.19. The summed E-state index contributed by atoms with van der Waals surface area (Å²) in [5.41, 5.74) is 1.87. The number of benzene rings is 1. The van der Waals surface area contributed by atoms with Gasteiger partial charge < -0.3 is 14.5 Å². The van der Waals surface area contributed by atoms with E-state index in [0.29, 0.717) is 41.6 Å². The first-order valence-electron chi connectivity index (χ1n) is 6.20. The van der Waals surface area contributed by atoms with Crippen molar-refractivity contribution >= 4 is 11.0 Å². The number of hydrogen-bond donors (Lipinski definition) is 1. The SMILES string of the molecule is Fc1cnccc1-c1nc2cc3c(cc2[nH]1)OCCO3. The summed E-state index contributed by atoms with van der Waals surface area (Å²) in [4.78, 5) is 11.2. The summed E-state index contributed by atoms with van der Waals surface area (Å²) in [6, 6.07) is 5.20. The van der Waals surface area contributed by atoms with Gasteiger partial charge in [0.2, 0.25) is 0 Å². The number of aromatic amines is 1. The number of halogens is 1. The Morgan fingerprint density at radius 1 is 1.15 bits per heavy atom. The standard InChI is InChI=1S/C14H10FN3O2/c15-9-7-16-2-1-8(9)14-17-10-5-12-13(6-11(10)18-14)20-4-3-19-12/h1-2,5-7H,3-4H2,(H,17,18). The molecular weight excluding hydrogens is 261 g/mol. The van der Waals surface area contributed by atoms with Crippen LogP contribution < -0.4 is 9.47 Å². The van der Waals surface area contributed by atoms with Gasteiger partial charge >= 0.3 is 0 Å². The first kappa shape index (κ1) is 11.2. The Labute approximate surface area is 113 Å². The van der Waals surface area contributed by atoms with Crippen LogP contribution in [0, 0.1) is 5.82 Å². The molecule has 0 spiro atoms. The smallest absolute Gasteiger partial charge is 0.163 e. The highest BCUT2D eigenvalue weighted by Gasteiger charge is 2.16. The van der Waals surface area contributed by atoms with Crippen LogP contribution in [0.1, 0.15) is 0 Å². The quantitative estimate of drug-likeness (QED) is 0.739. The van der Waals surface area contributed by atoms with Gasteiger partial charge in [0, 0.05) is 18.3 Å². The highest BCUT2D eigenvalue weighted by molar-refractivity contribution is 5.83. The number of ether oxygens (including phenoxy) is 2. The maximum atomic E-state index is 13.7. The van der Waals surface area contributed by atoms with E-state index in [4.69, 9.17) is 9.47 Å². The van der Waals surface area contributed by atoms with Crippen LogP contribution in [0.5, 0.6) is 11.5 Å². The fourth-order valence-corrected chi connectivity index (χ4v) is 2.24. The molecule has 0 saturated carbocycles. The number of fused-ring (bicyclic) bond motifs is 2. The van der Waals surface area contributed by atoms with Crippen molar-refractivity contribution in [3.8, 4) is 22.9 Å². The van der Waals surface area contributed by atoms with Crippen molar-refractivity contribution in [1.82, 2.24) is 15.0 Å². The topological polar surface area (TPSA) is 60.0 Å². The fourth-order valence-electron chi connectivity index (χ4n) is 2.24. The third-order valence-electron chi connectivity index (χ3n) is 3.17. The lowest BCUT2D eigenvalue weighted by atomic mass is 10.2. The van der Waals surface area contributed by atoms with E-state index >= 15 is 0 Å². The largest absolute Gasteiger partial charge is 0.486 e. The number of H-pyrrole nitrogens is 1. The number of aromatic nitrogens is 3. The van der Waals surface area contributed by atoms with Crippen LogP contribution in [0.25, 0.3) is 22.4 Å². The van der Waals surface area contributed by atoms with Crippen LogP contribution in [0.4, 0.5) is 4.39 Å². The maximum absolute atomic E-state index is 13.7. The Kier molecular flexibility index (Phi) is 2.35. The Bertz CT molecular complexity index is 757. The monoisotopic (exact) mass is 271 g/mol. The van der Waals surface area contributed by atoms with Crippen molar-refractivity contribution in [3.63, 3.8) is 0 Å². The van der Waals surface area contributed by atoms with Crippen LogP contribution in [-0.4, -0.2) is 28.2 Å². The van der Waals surface area contributed by atoms with Gasteiger partial charge in [-0.1, -0.05) is 0 Å². The molecule has 100 valence electrons. The first-order valence-corrected chi connectivity index (χ1v) is 6.20. The van der Waals surface area contributed by atoms with E-state index in [1.165, 1.54) is 12.4 Å². The minimum Gasteiger partial charge on any atom is -0.486 e. The second-order valence-corrected chi connectivity index (χ2v) is 4.45. The van der Waals surface area contributed by atoms with E-state index in [1.54, 1.807) is 12.1 Å². The molecule has 0 unspecified atom stereocenters. The Balaban J connectivity index is 1.89. The van der Waals surface area contributed by atoms with Crippen LogP contribution >= 0.6 is 0 Å². The summed E-state index contributed by atoms with van der Waals surface area (Å²) in [5.74, 6) is 1.39. The third kappa shape index (κ3) is 1.69. The lowest BCUT2D eigenvalue weighted by Gasteiger charge is -2.17. The maximum Gasteiger partial charge on any atom is 0.163 e. The van der Waals surface area contributed by atoms with Gasteiger partial charge in [-0.05, 0) is 6.07 Å². The average molecular weight is 271 g/mol. The Morgan fingerprint density at radius 2 is 1.95 bits per heavy atom. The molecule has 1 N–H and O–H groups in total. The molecule has 0 atom stereocenters. The van der Waals surface area contributed by atoms with Crippen molar-refractivity contribution in [2.45, 2.75) is 0 Å². The van der Waals surface area contributed by atoms with Crippen molar-refractivity contribution in [2.75, 3.05) is 13.2 Å². The van der Waals surface area contributed by atoms with Crippen molar-refractivity contribution in [1.29, 1.82) is 0 Å². The van der Waals surface area contributed by atoms with Gasteiger partial charge in [-0.15, -0.1) is 0 Å². The first-order chi connectivity index (χ1) is 9.81. The predicted molar refractivity (Wildman–Crippen MR) is 70.3 cm³/mol. The van der Waals surface area contributed by atoms with E-state index in [0.717, 1.165) is 5.52 Å². The summed E-state index contributed by atoms with van der Waals surface area (Å²) < 4.78 is 24.8. The Morgan fingerprint density at radius 3 is 2.75 bits per heavy atom. The number of nitrogens with one attached hydrogen (secondary N) is 1.